The van der Waals surface area contributed by atoms with E-state index in [2.05, 4.69) is 17.2 Å². The molecule has 0 saturated carbocycles. The summed E-state index contributed by atoms with van der Waals surface area (Å²) in [6.45, 7) is 5.26. The quantitative estimate of drug-likeness (QED) is 0.537. The van der Waals surface area contributed by atoms with Crippen molar-refractivity contribution in [1.82, 2.24) is 4.98 Å². The molecule has 0 bridgehead atoms. The van der Waals surface area contributed by atoms with E-state index in [1.165, 1.54) is 12.3 Å². The van der Waals surface area contributed by atoms with Crippen LogP contribution < -0.4 is 20.7 Å². The zero-order valence-corrected chi connectivity index (χ0v) is 20.0. The van der Waals surface area contributed by atoms with Gasteiger partial charge in [-0.05, 0) is 37.5 Å². The molecule has 1 aliphatic heterocycles. The molecule has 1 saturated heterocycles. The Bertz CT molecular complexity index is 1200. The summed E-state index contributed by atoms with van der Waals surface area (Å²) in [5.74, 6) is -6.75. The minimum Gasteiger partial charge on any atom is -0.494 e. The molecule has 1 aromatic carbocycles. The van der Waals surface area contributed by atoms with E-state index in [4.69, 9.17) is 10.5 Å². The molecule has 2 aliphatic rings. The number of benzene rings is 1. The highest BCUT2D eigenvalue weighted by molar-refractivity contribution is 6.09. The predicted octanol–water partition coefficient (Wildman–Crippen LogP) is 5.08. The highest BCUT2D eigenvalue weighted by Crippen LogP contribution is 2.45. The minimum absolute atomic E-state index is 0.0549. The Hall–Kier alpha value is -3.40. The Labute approximate surface area is 206 Å². The van der Waals surface area contributed by atoms with E-state index in [1.807, 2.05) is 4.90 Å². The first-order valence-corrected chi connectivity index (χ1v) is 11.8. The van der Waals surface area contributed by atoms with Crippen LogP contribution in [-0.4, -0.2) is 42.6 Å². The lowest BCUT2D eigenvalue weighted by molar-refractivity contribution is -0.112. The van der Waals surface area contributed by atoms with E-state index in [-0.39, 0.29) is 18.4 Å². The first-order valence-electron chi connectivity index (χ1n) is 11.8. The normalized spacial score (nSPS) is 21.8. The zero-order chi connectivity index (χ0) is 26.0. The van der Waals surface area contributed by atoms with Crippen LogP contribution in [0.15, 0.2) is 54.1 Å². The van der Waals surface area contributed by atoms with E-state index in [0.29, 0.717) is 30.4 Å². The van der Waals surface area contributed by atoms with Crippen molar-refractivity contribution in [2.75, 3.05) is 29.9 Å². The number of ether oxygens (including phenoxy) is 1. The van der Waals surface area contributed by atoms with Crippen molar-refractivity contribution in [1.29, 1.82) is 0 Å². The molecule has 192 valence electrons. The average molecular weight is 505 g/mol. The minimum atomic E-state index is -3.71. The van der Waals surface area contributed by atoms with Crippen LogP contribution in [-0.2, 0) is 4.79 Å². The van der Waals surface area contributed by atoms with E-state index in [1.54, 1.807) is 19.2 Å². The molecular weight excluding hydrogens is 476 g/mol. The van der Waals surface area contributed by atoms with Gasteiger partial charge in [-0.3, -0.25) is 9.78 Å². The van der Waals surface area contributed by atoms with Gasteiger partial charge in [0.05, 0.1) is 35.3 Å². The molecule has 0 spiro atoms. The number of hydrogen-bond acceptors (Lipinski definition) is 5. The molecule has 10 heteroatoms. The van der Waals surface area contributed by atoms with Crippen LogP contribution in [0.3, 0.4) is 0 Å². The van der Waals surface area contributed by atoms with Gasteiger partial charge in [0.15, 0.2) is 0 Å². The van der Waals surface area contributed by atoms with Crippen molar-refractivity contribution in [3.63, 3.8) is 0 Å². The Morgan fingerprint density at radius 1 is 1.28 bits per heavy atom. The van der Waals surface area contributed by atoms with Gasteiger partial charge in [0, 0.05) is 43.4 Å². The van der Waals surface area contributed by atoms with Crippen molar-refractivity contribution in [3.05, 3.63) is 65.5 Å². The summed E-state index contributed by atoms with van der Waals surface area (Å²) >= 11 is 0. The van der Waals surface area contributed by atoms with Gasteiger partial charge in [-0.1, -0.05) is 13.0 Å². The number of alkyl halides is 2. The van der Waals surface area contributed by atoms with Crippen molar-refractivity contribution >= 4 is 22.9 Å². The number of anilines is 2. The molecule has 6 nitrogen and oxygen atoms in total. The number of nitrogens with two attached hydrogens (primary N) is 1. The summed E-state index contributed by atoms with van der Waals surface area (Å²) in [5, 5.41) is 2.59. The Morgan fingerprint density at radius 3 is 2.75 bits per heavy atom. The number of aromatic nitrogens is 1. The number of hydrogen-bond donors (Lipinski definition) is 2. The lowest BCUT2D eigenvalue weighted by atomic mass is 9.88. The molecule has 1 aromatic heterocycles. The van der Waals surface area contributed by atoms with Gasteiger partial charge in [0.2, 0.25) is 0 Å². The van der Waals surface area contributed by atoms with Crippen LogP contribution in [0.5, 0.6) is 5.75 Å². The van der Waals surface area contributed by atoms with Crippen LogP contribution in [0.2, 0.25) is 0 Å². The molecule has 0 unspecified atom stereocenters. The second kappa shape index (κ2) is 10.3. The van der Waals surface area contributed by atoms with Crippen LogP contribution in [0, 0.1) is 11.7 Å². The SMILES string of the molecule is CCOc1ccc(C2=C(F)C(C(=O)Nc3cnccc3N3C[C@H](C)C[C@H](N)C3)=CCC2(F)F)c(F)c1. The highest BCUT2D eigenvalue weighted by atomic mass is 19.3. The van der Waals surface area contributed by atoms with Crippen molar-refractivity contribution in [3.8, 4) is 5.75 Å². The molecule has 2 aromatic rings. The maximum absolute atomic E-state index is 15.5. The Morgan fingerprint density at radius 2 is 2.06 bits per heavy atom. The maximum atomic E-state index is 15.5. The number of allylic oxidation sites excluding steroid dienone is 2. The second-order valence-corrected chi connectivity index (χ2v) is 9.14. The topological polar surface area (TPSA) is 80.5 Å². The van der Waals surface area contributed by atoms with Crippen LogP contribution in [0.1, 0.15) is 32.3 Å². The third kappa shape index (κ3) is 5.23. The van der Waals surface area contributed by atoms with Gasteiger partial charge in [0.1, 0.15) is 17.4 Å². The van der Waals surface area contributed by atoms with Gasteiger partial charge in [-0.15, -0.1) is 0 Å². The van der Waals surface area contributed by atoms with Gasteiger partial charge in [-0.2, -0.15) is 0 Å². The fourth-order valence-corrected chi connectivity index (χ4v) is 4.73. The predicted molar refractivity (Wildman–Crippen MR) is 130 cm³/mol. The molecular formula is C26H28F4N4O2. The van der Waals surface area contributed by atoms with Crippen molar-refractivity contribution < 1.29 is 27.1 Å². The average Bonchev–Trinajstić information content (AvgIpc) is 2.80. The van der Waals surface area contributed by atoms with Crippen molar-refractivity contribution in [2.24, 2.45) is 11.7 Å². The van der Waals surface area contributed by atoms with Gasteiger partial charge < -0.3 is 20.7 Å². The van der Waals surface area contributed by atoms with E-state index >= 15 is 4.39 Å². The molecule has 2 atom stereocenters. The molecule has 4 rings (SSSR count). The van der Waals surface area contributed by atoms with Crippen LogP contribution in [0.25, 0.3) is 5.57 Å². The molecule has 3 N–H and O–H groups in total. The van der Waals surface area contributed by atoms with Crippen molar-refractivity contribution in [2.45, 2.75) is 38.7 Å². The third-order valence-electron chi connectivity index (χ3n) is 6.23. The number of carbonyl (C=O) groups is 1. The zero-order valence-electron chi connectivity index (χ0n) is 20.0. The first-order chi connectivity index (χ1) is 17.1. The summed E-state index contributed by atoms with van der Waals surface area (Å²) in [6.07, 6.45) is 3.71. The lowest BCUT2D eigenvalue weighted by Crippen LogP contribution is -2.46. The molecule has 2 heterocycles. The van der Waals surface area contributed by atoms with Gasteiger partial charge in [-0.25, -0.2) is 17.6 Å². The number of rotatable bonds is 6. The number of piperidine rings is 1. The summed E-state index contributed by atoms with van der Waals surface area (Å²) < 4.78 is 64.9. The summed E-state index contributed by atoms with van der Waals surface area (Å²) in [7, 11) is 0. The number of carbonyl (C=O) groups excluding carboxylic acids is 1. The smallest absolute Gasteiger partial charge is 0.280 e. The number of halogens is 4. The lowest BCUT2D eigenvalue weighted by Gasteiger charge is -2.37. The largest absolute Gasteiger partial charge is 0.494 e. The van der Waals surface area contributed by atoms with E-state index < -0.39 is 46.6 Å². The standard InChI is InChI=1S/C26H28F4N4O2/c1-3-36-17-4-5-18(20(27)11-17)23-24(28)19(6-8-26(23,29)30)25(35)33-21-12-32-9-7-22(21)34-13-15(2)10-16(31)14-34/h4-7,9,11-12,15-16H,3,8,10,13-14,31H2,1-2H3,(H,33,35)/t15-,16+/m1/s1. The fourth-order valence-electron chi connectivity index (χ4n) is 4.73. The molecule has 1 amide bonds. The summed E-state index contributed by atoms with van der Waals surface area (Å²) in [5.41, 5.74) is 4.70. The summed E-state index contributed by atoms with van der Waals surface area (Å²) in [6, 6.07) is 4.88. The van der Waals surface area contributed by atoms with Crippen LogP contribution >= 0.6 is 0 Å². The number of nitrogens with zero attached hydrogens (tertiary/aromatic N) is 2. The fraction of sp³-hybridized carbons (Fsp3) is 0.385. The van der Waals surface area contributed by atoms with Gasteiger partial charge in [0.25, 0.3) is 11.8 Å². The molecule has 36 heavy (non-hydrogen) atoms. The van der Waals surface area contributed by atoms with E-state index in [9.17, 15) is 18.0 Å². The van der Waals surface area contributed by atoms with Crippen LogP contribution in [0.4, 0.5) is 28.9 Å². The second-order valence-electron chi connectivity index (χ2n) is 9.14. The highest BCUT2D eigenvalue weighted by Gasteiger charge is 2.43. The molecule has 1 fully saturated rings. The molecule has 0 radical (unpaired) electrons. The molecule has 1 aliphatic carbocycles. The first kappa shape index (κ1) is 25.7. The number of pyridine rings is 1. The monoisotopic (exact) mass is 504 g/mol. The Balaban J connectivity index is 1.64. The number of nitrogens with one attached hydrogen (secondary N) is 1. The summed E-state index contributed by atoms with van der Waals surface area (Å²) in [4.78, 5) is 19.1. The van der Waals surface area contributed by atoms with E-state index in [0.717, 1.165) is 24.6 Å². The van der Waals surface area contributed by atoms with Gasteiger partial charge >= 0.3 is 0 Å². The maximum Gasteiger partial charge on any atom is 0.280 e. The third-order valence-corrected chi connectivity index (χ3v) is 6.23. The Kier molecular flexibility index (Phi) is 7.35. The number of amides is 1.